The average molecular weight is 243 g/mol. The topological polar surface area (TPSA) is 26.0 Å². The molecule has 0 bridgehead atoms. The molecule has 2 atom stereocenters. The smallest absolute Gasteiger partial charge is 0.0416 e. The molecule has 0 saturated carbocycles. The van der Waals surface area contributed by atoms with Crippen molar-refractivity contribution in [2.45, 2.75) is 23.1 Å². The van der Waals surface area contributed by atoms with Gasteiger partial charge in [-0.3, -0.25) is 0 Å². The van der Waals surface area contributed by atoms with Crippen LogP contribution in [0.25, 0.3) is 0 Å². The van der Waals surface area contributed by atoms with Gasteiger partial charge in [0.1, 0.15) is 0 Å². The SMILES string of the molecule is C[C@@H](Sc1ccccc1)[C@@H](N)c1ccccc1. The number of nitrogens with two attached hydrogens (primary N) is 1. The molecule has 2 aromatic rings. The van der Waals surface area contributed by atoms with Crippen molar-refractivity contribution in [1.82, 2.24) is 0 Å². The number of thioether (sulfide) groups is 1. The molecule has 2 aromatic carbocycles. The standard InChI is InChI=1S/C15H17NS/c1-12(17-14-10-6-3-7-11-14)15(16)13-8-4-2-5-9-13/h2-12,15H,16H2,1H3/t12-,15-/m1/s1. The molecule has 0 aliphatic heterocycles. The summed E-state index contributed by atoms with van der Waals surface area (Å²) in [7, 11) is 0. The summed E-state index contributed by atoms with van der Waals surface area (Å²) in [5.74, 6) is 0. The zero-order chi connectivity index (χ0) is 12.1. The maximum atomic E-state index is 6.27. The first-order chi connectivity index (χ1) is 8.27. The Morgan fingerprint density at radius 2 is 1.41 bits per heavy atom. The van der Waals surface area contributed by atoms with Gasteiger partial charge in [-0.15, -0.1) is 11.8 Å². The third-order valence-corrected chi connectivity index (χ3v) is 3.96. The normalized spacial score (nSPS) is 14.2. The van der Waals surface area contributed by atoms with E-state index in [2.05, 4.69) is 43.3 Å². The van der Waals surface area contributed by atoms with Crippen LogP contribution in [-0.4, -0.2) is 5.25 Å². The van der Waals surface area contributed by atoms with Crippen molar-refractivity contribution < 1.29 is 0 Å². The fourth-order valence-corrected chi connectivity index (χ4v) is 2.78. The highest BCUT2D eigenvalue weighted by Crippen LogP contribution is 2.30. The fraction of sp³-hybridized carbons (Fsp3) is 0.200. The molecule has 0 aliphatic rings. The Morgan fingerprint density at radius 3 is 2.00 bits per heavy atom. The van der Waals surface area contributed by atoms with Crippen LogP contribution in [0.4, 0.5) is 0 Å². The first kappa shape index (κ1) is 12.2. The Balaban J connectivity index is 2.03. The van der Waals surface area contributed by atoms with E-state index in [1.54, 1.807) is 0 Å². The summed E-state index contributed by atoms with van der Waals surface area (Å²) >= 11 is 1.82. The van der Waals surface area contributed by atoms with E-state index in [0.29, 0.717) is 5.25 Å². The van der Waals surface area contributed by atoms with Crippen molar-refractivity contribution in [2.75, 3.05) is 0 Å². The van der Waals surface area contributed by atoms with Crippen LogP contribution in [0.1, 0.15) is 18.5 Å². The molecule has 0 aromatic heterocycles. The van der Waals surface area contributed by atoms with Gasteiger partial charge in [0.15, 0.2) is 0 Å². The lowest BCUT2D eigenvalue weighted by Crippen LogP contribution is -2.20. The zero-order valence-corrected chi connectivity index (χ0v) is 10.7. The second-order valence-electron chi connectivity index (χ2n) is 4.07. The Bertz CT molecular complexity index is 441. The van der Waals surface area contributed by atoms with Crippen LogP contribution >= 0.6 is 11.8 Å². The first-order valence-electron chi connectivity index (χ1n) is 5.79. The number of hydrogen-bond acceptors (Lipinski definition) is 2. The zero-order valence-electron chi connectivity index (χ0n) is 9.91. The third kappa shape index (κ3) is 3.35. The summed E-state index contributed by atoms with van der Waals surface area (Å²) in [5.41, 5.74) is 7.46. The number of rotatable bonds is 4. The van der Waals surface area contributed by atoms with Crippen LogP contribution in [-0.2, 0) is 0 Å². The minimum absolute atomic E-state index is 0.0707. The van der Waals surface area contributed by atoms with Gasteiger partial charge in [0.2, 0.25) is 0 Å². The summed E-state index contributed by atoms with van der Waals surface area (Å²) in [4.78, 5) is 1.27. The second-order valence-corrected chi connectivity index (χ2v) is 5.52. The van der Waals surface area contributed by atoms with E-state index in [1.807, 2.05) is 36.0 Å². The monoisotopic (exact) mass is 243 g/mol. The Hall–Kier alpha value is -1.25. The van der Waals surface area contributed by atoms with Gasteiger partial charge in [-0.05, 0) is 17.7 Å². The van der Waals surface area contributed by atoms with E-state index in [9.17, 15) is 0 Å². The highest BCUT2D eigenvalue weighted by molar-refractivity contribution is 8.00. The van der Waals surface area contributed by atoms with E-state index < -0.39 is 0 Å². The molecule has 17 heavy (non-hydrogen) atoms. The minimum Gasteiger partial charge on any atom is -0.323 e. The van der Waals surface area contributed by atoms with Crippen LogP contribution in [0.15, 0.2) is 65.6 Å². The number of benzene rings is 2. The van der Waals surface area contributed by atoms with E-state index >= 15 is 0 Å². The van der Waals surface area contributed by atoms with Gasteiger partial charge in [-0.1, -0.05) is 55.5 Å². The predicted molar refractivity (Wildman–Crippen MR) is 75.1 cm³/mol. The van der Waals surface area contributed by atoms with Gasteiger partial charge < -0.3 is 5.73 Å². The maximum Gasteiger partial charge on any atom is 0.0416 e. The first-order valence-corrected chi connectivity index (χ1v) is 6.67. The highest BCUT2D eigenvalue weighted by Gasteiger charge is 2.15. The van der Waals surface area contributed by atoms with Crippen molar-refractivity contribution in [3.63, 3.8) is 0 Å². The van der Waals surface area contributed by atoms with E-state index in [4.69, 9.17) is 5.73 Å². The summed E-state index contributed by atoms with van der Waals surface area (Å²) in [5, 5.41) is 0.361. The van der Waals surface area contributed by atoms with E-state index in [-0.39, 0.29) is 6.04 Å². The van der Waals surface area contributed by atoms with Gasteiger partial charge in [-0.25, -0.2) is 0 Å². The Labute approximate surface area is 107 Å². The molecule has 0 saturated heterocycles. The highest BCUT2D eigenvalue weighted by atomic mass is 32.2. The third-order valence-electron chi connectivity index (χ3n) is 2.76. The van der Waals surface area contributed by atoms with E-state index in [1.165, 1.54) is 10.5 Å². The number of hydrogen-bond donors (Lipinski definition) is 1. The Kier molecular flexibility index (Phi) is 4.24. The quantitative estimate of drug-likeness (QED) is 0.825. The van der Waals surface area contributed by atoms with Crippen LogP contribution in [0.2, 0.25) is 0 Å². The molecule has 1 nitrogen and oxygen atoms in total. The summed E-state index contributed by atoms with van der Waals surface area (Å²) in [6, 6.07) is 20.7. The largest absolute Gasteiger partial charge is 0.323 e. The average Bonchev–Trinajstić information content (AvgIpc) is 2.40. The predicted octanol–water partition coefficient (Wildman–Crippen LogP) is 3.87. The molecule has 0 fully saturated rings. The van der Waals surface area contributed by atoms with Crippen molar-refractivity contribution in [3.8, 4) is 0 Å². The lowest BCUT2D eigenvalue weighted by atomic mass is 10.1. The molecule has 2 heteroatoms. The minimum atomic E-state index is 0.0707. The molecule has 2 rings (SSSR count). The molecule has 0 unspecified atom stereocenters. The van der Waals surface area contributed by atoms with Gasteiger partial charge in [0.25, 0.3) is 0 Å². The Morgan fingerprint density at radius 1 is 0.882 bits per heavy atom. The maximum absolute atomic E-state index is 6.27. The van der Waals surface area contributed by atoms with Crippen LogP contribution in [0.5, 0.6) is 0 Å². The van der Waals surface area contributed by atoms with Crippen LogP contribution < -0.4 is 5.73 Å². The summed E-state index contributed by atoms with van der Waals surface area (Å²) < 4.78 is 0. The molecule has 2 N–H and O–H groups in total. The molecular formula is C15H17NS. The van der Waals surface area contributed by atoms with Crippen LogP contribution in [0.3, 0.4) is 0 Å². The van der Waals surface area contributed by atoms with Gasteiger partial charge >= 0.3 is 0 Å². The molecule has 0 spiro atoms. The molecular weight excluding hydrogens is 226 g/mol. The lowest BCUT2D eigenvalue weighted by molar-refractivity contribution is 0.715. The van der Waals surface area contributed by atoms with E-state index in [0.717, 1.165) is 0 Å². The second kappa shape index (κ2) is 5.89. The van der Waals surface area contributed by atoms with Crippen molar-refractivity contribution >= 4 is 11.8 Å². The van der Waals surface area contributed by atoms with Crippen molar-refractivity contribution in [3.05, 3.63) is 66.2 Å². The van der Waals surface area contributed by atoms with Crippen molar-refractivity contribution in [2.24, 2.45) is 5.73 Å². The van der Waals surface area contributed by atoms with Crippen LogP contribution in [0, 0.1) is 0 Å². The molecule has 88 valence electrons. The molecule has 0 amide bonds. The fourth-order valence-electron chi connectivity index (χ4n) is 1.73. The van der Waals surface area contributed by atoms with Gasteiger partial charge in [0, 0.05) is 16.2 Å². The van der Waals surface area contributed by atoms with Crippen molar-refractivity contribution in [1.29, 1.82) is 0 Å². The lowest BCUT2D eigenvalue weighted by Gasteiger charge is -2.19. The summed E-state index contributed by atoms with van der Waals surface area (Å²) in [6.45, 7) is 2.18. The molecule has 0 radical (unpaired) electrons. The summed E-state index contributed by atoms with van der Waals surface area (Å²) in [6.07, 6.45) is 0. The molecule has 0 heterocycles. The van der Waals surface area contributed by atoms with Gasteiger partial charge in [0.05, 0.1) is 0 Å². The molecule has 0 aliphatic carbocycles. The van der Waals surface area contributed by atoms with Gasteiger partial charge in [-0.2, -0.15) is 0 Å².